The van der Waals surface area contributed by atoms with Crippen LogP contribution >= 0.6 is 34.4 Å². The summed E-state index contributed by atoms with van der Waals surface area (Å²) < 4.78 is 68.6. The van der Waals surface area contributed by atoms with E-state index in [9.17, 15) is 26.2 Å². The molecule has 1 amide bonds. The zero-order chi connectivity index (χ0) is 27.2. The van der Waals surface area contributed by atoms with E-state index >= 15 is 0 Å². The summed E-state index contributed by atoms with van der Waals surface area (Å²) in [7, 11) is -6.69. The predicted molar refractivity (Wildman–Crippen MR) is 149 cm³/mol. The molecule has 3 heterocycles. The molecule has 1 aliphatic rings. The van der Waals surface area contributed by atoms with Gasteiger partial charge in [0.05, 0.1) is 52.1 Å². The number of hydrogen-bond donors (Lipinski definition) is 1. The number of anilines is 1. The van der Waals surface area contributed by atoms with Gasteiger partial charge in [0, 0.05) is 16.1 Å². The second kappa shape index (κ2) is 10.1. The van der Waals surface area contributed by atoms with Crippen molar-refractivity contribution in [3.05, 3.63) is 51.8 Å². The first-order valence-corrected chi connectivity index (χ1v) is 17.0. The molecule has 0 saturated carbocycles. The van der Waals surface area contributed by atoms with Crippen LogP contribution in [0.1, 0.15) is 5.01 Å². The van der Waals surface area contributed by atoms with Gasteiger partial charge in [-0.15, -0.1) is 11.3 Å². The lowest BCUT2D eigenvalue weighted by Crippen LogP contribution is -2.45. The molecule has 0 bridgehead atoms. The maximum atomic E-state index is 12.6. The van der Waals surface area contributed by atoms with Gasteiger partial charge in [-0.2, -0.15) is 4.57 Å². The molecule has 38 heavy (non-hydrogen) atoms. The summed E-state index contributed by atoms with van der Waals surface area (Å²) >= 11 is 4.37. The Morgan fingerprint density at radius 1 is 1.16 bits per heavy atom. The highest BCUT2D eigenvalue weighted by atomic mass is 32.2. The maximum Gasteiger partial charge on any atom is 0.299 e. The van der Waals surface area contributed by atoms with E-state index in [1.807, 2.05) is 40.4 Å². The highest BCUT2D eigenvalue weighted by Gasteiger charge is 2.30. The van der Waals surface area contributed by atoms with Gasteiger partial charge in [0.1, 0.15) is 10.4 Å². The molecule has 0 radical (unpaired) electrons. The third-order valence-electron chi connectivity index (χ3n) is 5.66. The molecule has 0 aliphatic carbocycles. The third-order valence-corrected chi connectivity index (χ3v) is 10.0. The van der Waals surface area contributed by atoms with E-state index in [0.29, 0.717) is 21.3 Å². The van der Waals surface area contributed by atoms with Crippen molar-refractivity contribution in [2.45, 2.75) is 11.4 Å². The van der Waals surface area contributed by atoms with Crippen molar-refractivity contribution in [1.82, 2.24) is 4.72 Å². The van der Waals surface area contributed by atoms with E-state index < -0.39 is 31.8 Å². The zero-order valence-electron chi connectivity index (χ0n) is 20.0. The Labute approximate surface area is 231 Å². The summed E-state index contributed by atoms with van der Waals surface area (Å²) in [6.07, 6.45) is 2.73. The van der Waals surface area contributed by atoms with E-state index in [1.165, 1.54) is 30.2 Å². The Kier molecular flexibility index (Phi) is 7.17. The van der Waals surface area contributed by atoms with Crippen LogP contribution < -0.4 is 18.9 Å². The van der Waals surface area contributed by atoms with Crippen LogP contribution in [0.5, 0.6) is 5.75 Å². The molecule has 4 aromatic rings. The normalized spacial score (nSPS) is 14.9. The number of rotatable bonds is 8. The molecule has 1 N–H and O–H groups in total. The Morgan fingerprint density at radius 3 is 2.66 bits per heavy atom. The SMILES string of the molecule is COc1ccc2sc(C=C3Sc4cc5ccsc5cc4N3CCS(=O)(=O)[O-])[n+](CC(=O)NS(C)(=O)=O)c2c1. The van der Waals surface area contributed by atoms with Gasteiger partial charge >= 0.3 is 0 Å². The number of nitrogens with one attached hydrogen (secondary N) is 1. The Bertz CT molecular complexity index is 1820. The Balaban J connectivity index is 1.62. The number of carbonyl (C=O) groups excluding carboxylic acids is 1. The summed E-state index contributed by atoms with van der Waals surface area (Å²) in [5, 5.41) is 4.34. The minimum atomic E-state index is -4.46. The smallest absolute Gasteiger partial charge is 0.299 e. The van der Waals surface area contributed by atoms with Crippen LogP contribution in [0, 0.1) is 0 Å². The minimum Gasteiger partial charge on any atom is -0.748 e. The van der Waals surface area contributed by atoms with Crippen LogP contribution in [0.25, 0.3) is 26.4 Å². The molecule has 2 aromatic carbocycles. The first-order valence-electron chi connectivity index (χ1n) is 11.0. The van der Waals surface area contributed by atoms with E-state index in [2.05, 4.69) is 0 Å². The number of thiazole rings is 1. The van der Waals surface area contributed by atoms with Crippen LogP contribution in [0.3, 0.4) is 0 Å². The molecule has 0 atom stereocenters. The molecule has 0 fully saturated rings. The number of thiophene rings is 1. The second-order valence-electron chi connectivity index (χ2n) is 8.43. The average molecular weight is 612 g/mol. The molecule has 10 nitrogen and oxygen atoms in total. The fourth-order valence-electron chi connectivity index (χ4n) is 4.06. The predicted octanol–water partition coefficient (Wildman–Crippen LogP) is 2.94. The van der Waals surface area contributed by atoms with Crippen LogP contribution in [0.15, 0.2) is 51.7 Å². The topological polar surface area (TPSA) is 137 Å². The van der Waals surface area contributed by atoms with Crippen LogP contribution in [0.4, 0.5) is 5.69 Å². The molecule has 0 unspecified atom stereocenters. The number of hydrogen-bond acceptors (Lipinski definition) is 11. The number of fused-ring (bicyclic) bond motifs is 3. The summed E-state index contributed by atoms with van der Waals surface area (Å²) in [6.45, 7) is -0.316. The van der Waals surface area contributed by atoms with Crippen LogP contribution in [-0.2, 0) is 31.5 Å². The van der Waals surface area contributed by atoms with Gasteiger partial charge < -0.3 is 14.2 Å². The monoisotopic (exact) mass is 611 g/mol. The van der Waals surface area contributed by atoms with Gasteiger partial charge in [0.15, 0.2) is 0 Å². The molecular weight excluding hydrogens is 591 g/mol. The number of carbonyl (C=O) groups is 1. The molecule has 0 spiro atoms. The summed E-state index contributed by atoms with van der Waals surface area (Å²) in [4.78, 5) is 15.3. The highest BCUT2D eigenvalue weighted by Crippen LogP contribution is 2.49. The van der Waals surface area contributed by atoms with Crippen molar-refractivity contribution in [3.63, 3.8) is 0 Å². The summed E-state index contributed by atoms with van der Waals surface area (Å²) in [5.41, 5.74) is 1.46. The van der Waals surface area contributed by atoms with Crippen molar-refractivity contribution < 1.29 is 35.5 Å². The number of nitrogens with zero attached hydrogens (tertiary/aromatic N) is 2. The number of amides is 1. The first kappa shape index (κ1) is 26.9. The van der Waals surface area contributed by atoms with Gasteiger partial charge in [-0.25, -0.2) is 21.6 Å². The quantitative estimate of drug-likeness (QED) is 0.236. The molecule has 0 saturated heterocycles. The zero-order valence-corrected chi connectivity index (χ0v) is 24.1. The van der Waals surface area contributed by atoms with E-state index in [0.717, 1.165) is 31.6 Å². The van der Waals surface area contributed by atoms with Gasteiger partial charge in [-0.3, -0.25) is 4.79 Å². The van der Waals surface area contributed by atoms with Crippen LogP contribution in [0.2, 0.25) is 0 Å². The van der Waals surface area contributed by atoms with E-state index in [1.54, 1.807) is 32.9 Å². The summed E-state index contributed by atoms with van der Waals surface area (Å²) in [5.74, 6) is -0.721. The van der Waals surface area contributed by atoms with Crippen molar-refractivity contribution in [2.24, 2.45) is 0 Å². The van der Waals surface area contributed by atoms with Crippen molar-refractivity contribution >= 4 is 92.6 Å². The lowest BCUT2D eigenvalue weighted by Gasteiger charge is -2.21. The Hall–Kier alpha value is -2.69. The Morgan fingerprint density at radius 2 is 1.95 bits per heavy atom. The number of benzene rings is 2. The molecule has 15 heteroatoms. The standard InChI is InChI=1S/C23H21N3O7S5/c1-33-15-3-4-18-16(10-15)26(13-21(27)24-37(2,28)29)23(35-18)12-22-25(6-8-38(30,31)32)17-11-19-14(5-7-34-19)9-20(17)36-22/h3-5,7,9-12H,6,8,13H2,1-2H3,(H-,24,27,30,31,32). The van der Waals surface area contributed by atoms with Crippen molar-refractivity contribution in [3.8, 4) is 5.75 Å². The van der Waals surface area contributed by atoms with Gasteiger partial charge in [0.2, 0.25) is 22.1 Å². The van der Waals surface area contributed by atoms with Gasteiger partial charge in [0.25, 0.3) is 10.9 Å². The molecular formula is C23H21N3O7S5. The van der Waals surface area contributed by atoms with Crippen LogP contribution in [-0.4, -0.2) is 53.0 Å². The molecule has 200 valence electrons. The average Bonchev–Trinajstić information content (AvgIpc) is 3.49. The molecule has 5 rings (SSSR count). The number of ether oxygens (including phenoxy) is 1. The van der Waals surface area contributed by atoms with E-state index in [-0.39, 0.29) is 13.1 Å². The van der Waals surface area contributed by atoms with Gasteiger partial charge in [-0.05, 0) is 41.1 Å². The second-order valence-corrected chi connectivity index (χ2v) is 14.8. The highest BCUT2D eigenvalue weighted by molar-refractivity contribution is 8.04. The number of thioether (sulfide) groups is 1. The number of aromatic nitrogens is 1. The van der Waals surface area contributed by atoms with E-state index in [4.69, 9.17) is 4.74 Å². The molecule has 1 aliphatic heterocycles. The summed E-state index contributed by atoms with van der Waals surface area (Å²) in [6, 6.07) is 11.4. The maximum absolute atomic E-state index is 12.6. The van der Waals surface area contributed by atoms with Crippen molar-refractivity contribution in [1.29, 1.82) is 0 Å². The first-order chi connectivity index (χ1) is 17.9. The minimum absolute atomic E-state index is 0.0399. The largest absolute Gasteiger partial charge is 0.748 e. The molecule has 2 aromatic heterocycles. The van der Waals surface area contributed by atoms with Crippen molar-refractivity contribution in [2.75, 3.05) is 30.6 Å². The fraction of sp³-hybridized carbons (Fsp3) is 0.217. The third kappa shape index (κ3) is 5.82. The number of methoxy groups -OCH3 is 1. The lowest BCUT2D eigenvalue weighted by molar-refractivity contribution is -0.655. The number of sulfonamides is 1. The fourth-order valence-corrected chi connectivity index (χ4v) is 8.06. The van der Waals surface area contributed by atoms with Gasteiger partial charge in [-0.1, -0.05) is 23.1 Å². The lowest BCUT2D eigenvalue weighted by atomic mass is 10.2.